The molecule has 0 aliphatic carbocycles. The van der Waals surface area contributed by atoms with Crippen LogP contribution in [0, 0.1) is 11.6 Å². The third-order valence-corrected chi connectivity index (χ3v) is 7.26. The lowest BCUT2D eigenvalue weighted by Crippen LogP contribution is -2.37. The Balaban J connectivity index is 1.93. The second-order valence-electron chi connectivity index (χ2n) is 6.64. The molecule has 0 aliphatic heterocycles. The summed E-state index contributed by atoms with van der Waals surface area (Å²) in [5.74, 6) is -2.47. The van der Waals surface area contributed by atoms with Crippen molar-refractivity contribution in [3.63, 3.8) is 0 Å². The first kappa shape index (κ1) is 24.6. The number of nitrogens with one attached hydrogen (secondary N) is 1. The van der Waals surface area contributed by atoms with Gasteiger partial charge >= 0.3 is 0 Å². The Hall–Kier alpha value is -2.04. The summed E-state index contributed by atoms with van der Waals surface area (Å²) in [5, 5.41) is 2.78. The molecule has 3 rings (SSSR count). The van der Waals surface area contributed by atoms with Crippen molar-refractivity contribution in [1.29, 1.82) is 0 Å². The smallest absolute Gasteiger partial charge is 0.243 e. The highest BCUT2D eigenvalue weighted by molar-refractivity contribution is 9.10. The van der Waals surface area contributed by atoms with Gasteiger partial charge in [0.15, 0.2) is 0 Å². The third kappa shape index (κ3) is 6.05. The summed E-state index contributed by atoms with van der Waals surface area (Å²) in [4.78, 5) is 12.5. The van der Waals surface area contributed by atoms with Crippen LogP contribution in [-0.2, 0) is 21.4 Å². The maximum Gasteiger partial charge on any atom is 0.243 e. The van der Waals surface area contributed by atoms with Gasteiger partial charge in [-0.05, 0) is 54.1 Å². The van der Waals surface area contributed by atoms with E-state index >= 15 is 0 Å². The number of amides is 1. The van der Waals surface area contributed by atoms with Gasteiger partial charge in [0.25, 0.3) is 0 Å². The molecule has 0 saturated carbocycles. The second kappa shape index (κ2) is 10.3. The van der Waals surface area contributed by atoms with Crippen LogP contribution in [-0.4, -0.2) is 25.2 Å². The molecule has 0 fully saturated rings. The lowest BCUT2D eigenvalue weighted by Gasteiger charge is -2.22. The zero-order valence-corrected chi connectivity index (χ0v) is 20.1. The van der Waals surface area contributed by atoms with Crippen molar-refractivity contribution in [3.05, 3.63) is 92.4 Å². The molecule has 1 amide bonds. The lowest BCUT2D eigenvalue weighted by molar-refractivity contribution is -0.116. The topological polar surface area (TPSA) is 66.5 Å². The van der Waals surface area contributed by atoms with Crippen molar-refractivity contribution in [2.45, 2.75) is 11.4 Å². The maximum atomic E-state index is 13.9. The second-order valence-corrected chi connectivity index (χ2v) is 10.3. The van der Waals surface area contributed by atoms with E-state index in [1.54, 1.807) is 18.2 Å². The van der Waals surface area contributed by atoms with E-state index in [9.17, 15) is 22.0 Å². The molecule has 168 valence electrons. The first-order chi connectivity index (χ1) is 15.1. The van der Waals surface area contributed by atoms with Gasteiger partial charge in [-0.3, -0.25) is 4.79 Å². The van der Waals surface area contributed by atoms with Gasteiger partial charge < -0.3 is 5.32 Å². The number of sulfonamides is 1. The van der Waals surface area contributed by atoms with Gasteiger partial charge in [-0.25, -0.2) is 17.2 Å². The highest BCUT2D eigenvalue weighted by atomic mass is 79.9. The molecule has 0 spiro atoms. The summed E-state index contributed by atoms with van der Waals surface area (Å²) >= 11 is 15.3. The predicted molar refractivity (Wildman–Crippen MR) is 123 cm³/mol. The average molecular weight is 564 g/mol. The Bertz CT molecular complexity index is 1260. The molecule has 0 heterocycles. The zero-order chi connectivity index (χ0) is 23.5. The van der Waals surface area contributed by atoms with Crippen molar-refractivity contribution in [2.24, 2.45) is 0 Å². The molecule has 11 heteroatoms. The fourth-order valence-electron chi connectivity index (χ4n) is 2.76. The zero-order valence-electron chi connectivity index (χ0n) is 16.2. The SMILES string of the molecule is O=C(CN(Cc1ccc(Cl)cc1Cl)S(=O)(=O)c1ccc(Br)cc1)Nc1cc(F)ccc1F. The Morgan fingerprint density at radius 2 is 1.69 bits per heavy atom. The van der Waals surface area contributed by atoms with E-state index in [4.69, 9.17) is 23.2 Å². The molecule has 3 aromatic rings. The highest BCUT2D eigenvalue weighted by Crippen LogP contribution is 2.26. The van der Waals surface area contributed by atoms with Gasteiger partial charge in [0.05, 0.1) is 17.1 Å². The van der Waals surface area contributed by atoms with Gasteiger partial charge in [-0.15, -0.1) is 0 Å². The molecular weight excluding hydrogens is 549 g/mol. The highest BCUT2D eigenvalue weighted by Gasteiger charge is 2.28. The number of benzene rings is 3. The van der Waals surface area contributed by atoms with Crippen LogP contribution in [0.15, 0.2) is 70.0 Å². The van der Waals surface area contributed by atoms with Crippen molar-refractivity contribution >= 4 is 60.7 Å². The van der Waals surface area contributed by atoms with Crippen molar-refractivity contribution in [2.75, 3.05) is 11.9 Å². The summed E-state index contributed by atoms with van der Waals surface area (Å²) in [7, 11) is -4.16. The normalized spacial score (nSPS) is 11.6. The number of carbonyl (C=O) groups is 1. The minimum absolute atomic E-state index is 0.0597. The number of hydrogen-bond donors (Lipinski definition) is 1. The molecule has 0 aliphatic rings. The minimum Gasteiger partial charge on any atom is -0.322 e. The van der Waals surface area contributed by atoms with Crippen molar-refractivity contribution < 1.29 is 22.0 Å². The van der Waals surface area contributed by atoms with Crippen LogP contribution in [0.2, 0.25) is 10.0 Å². The molecule has 0 radical (unpaired) electrons. The van der Waals surface area contributed by atoms with Crippen molar-refractivity contribution in [1.82, 2.24) is 4.31 Å². The van der Waals surface area contributed by atoms with Crippen LogP contribution in [0.4, 0.5) is 14.5 Å². The fourth-order valence-corrected chi connectivity index (χ4v) is 4.87. The minimum atomic E-state index is -4.16. The van der Waals surface area contributed by atoms with Crippen LogP contribution in [0.1, 0.15) is 5.56 Å². The quantitative estimate of drug-likeness (QED) is 0.391. The number of anilines is 1. The summed E-state index contributed by atoms with van der Waals surface area (Å²) < 4.78 is 55.4. The Morgan fingerprint density at radius 1 is 1.00 bits per heavy atom. The fraction of sp³-hybridized carbons (Fsp3) is 0.0952. The molecule has 0 atom stereocenters. The number of carbonyl (C=O) groups excluding carboxylic acids is 1. The summed E-state index contributed by atoms with van der Waals surface area (Å²) in [6, 6.07) is 12.9. The number of hydrogen-bond acceptors (Lipinski definition) is 3. The summed E-state index contributed by atoms with van der Waals surface area (Å²) in [6.45, 7) is -0.930. The van der Waals surface area contributed by atoms with Gasteiger partial charge in [0.1, 0.15) is 11.6 Å². The first-order valence-corrected chi connectivity index (χ1v) is 12.0. The van der Waals surface area contributed by atoms with E-state index in [1.165, 1.54) is 24.3 Å². The van der Waals surface area contributed by atoms with Crippen LogP contribution in [0.5, 0.6) is 0 Å². The standard InChI is InChI=1S/C21H15BrCl2F2N2O3S/c22-14-2-6-17(7-3-14)32(30,31)28(11-13-1-4-15(23)9-18(13)24)12-21(29)27-20-10-16(25)5-8-19(20)26/h1-10H,11-12H2,(H,27,29). The molecular formula is C21H15BrCl2F2N2O3S. The number of nitrogens with zero attached hydrogens (tertiary/aromatic N) is 1. The van der Waals surface area contributed by atoms with E-state index in [-0.39, 0.29) is 16.5 Å². The van der Waals surface area contributed by atoms with Gasteiger partial charge in [0.2, 0.25) is 15.9 Å². The first-order valence-electron chi connectivity index (χ1n) is 9.01. The van der Waals surface area contributed by atoms with Crippen LogP contribution < -0.4 is 5.32 Å². The predicted octanol–water partition coefficient (Wildman–Crippen LogP) is 5.86. The van der Waals surface area contributed by atoms with Crippen LogP contribution in [0.3, 0.4) is 0 Å². The monoisotopic (exact) mass is 562 g/mol. The molecule has 5 nitrogen and oxygen atoms in total. The molecule has 3 aromatic carbocycles. The lowest BCUT2D eigenvalue weighted by atomic mass is 10.2. The third-order valence-electron chi connectivity index (χ3n) is 4.34. The molecule has 0 saturated heterocycles. The van der Waals surface area contributed by atoms with E-state index in [1.807, 2.05) is 0 Å². The molecule has 0 bridgehead atoms. The summed E-state index contributed by atoms with van der Waals surface area (Å²) in [5.41, 5.74) is 0.00186. The Labute approximate surface area is 202 Å². The molecule has 32 heavy (non-hydrogen) atoms. The van der Waals surface area contributed by atoms with E-state index in [2.05, 4.69) is 21.2 Å². The number of rotatable bonds is 7. The maximum absolute atomic E-state index is 13.9. The Kier molecular flexibility index (Phi) is 7.89. The van der Waals surface area contributed by atoms with Crippen molar-refractivity contribution in [3.8, 4) is 0 Å². The van der Waals surface area contributed by atoms with E-state index in [0.717, 1.165) is 22.5 Å². The van der Waals surface area contributed by atoms with Gasteiger partial charge in [-0.1, -0.05) is 45.2 Å². The molecule has 1 N–H and O–H groups in total. The van der Waals surface area contributed by atoms with Crippen LogP contribution in [0.25, 0.3) is 0 Å². The Morgan fingerprint density at radius 3 is 2.34 bits per heavy atom. The number of halogens is 5. The van der Waals surface area contributed by atoms with E-state index < -0.39 is 39.8 Å². The van der Waals surface area contributed by atoms with Crippen LogP contribution >= 0.6 is 39.1 Å². The molecule has 0 aromatic heterocycles. The van der Waals surface area contributed by atoms with Gasteiger partial charge in [0, 0.05) is 27.1 Å². The largest absolute Gasteiger partial charge is 0.322 e. The summed E-state index contributed by atoms with van der Waals surface area (Å²) in [6.07, 6.45) is 0. The van der Waals surface area contributed by atoms with Gasteiger partial charge in [-0.2, -0.15) is 4.31 Å². The van der Waals surface area contributed by atoms with E-state index in [0.29, 0.717) is 15.1 Å². The average Bonchev–Trinajstić information content (AvgIpc) is 2.72. The molecule has 0 unspecified atom stereocenters.